The van der Waals surface area contributed by atoms with Crippen molar-refractivity contribution in [3.05, 3.63) is 5.82 Å². The second kappa shape index (κ2) is 3.67. The lowest BCUT2D eigenvalue weighted by Crippen LogP contribution is -2.46. The van der Waals surface area contributed by atoms with E-state index in [2.05, 4.69) is 14.3 Å². The molecule has 1 aromatic heterocycles. The third-order valence-electron chi connectivity index (χ3n) is 3.32. The number of hydrogen-bond donors (Lipinski definition) is 1. The van der Waals surface area contributed by atoms with Gasteiger partial charge in [0.25, 0.3) is 0 Å². The number of nitrogens with zero attached hydrogens (tertiary/aromatic N) is 3. The van der Waals surface area contributed by atoms with E-state index in [0.29, 0.717) is 12.5 Å². The Labute approximate surface area is 99.5 Å². The molecule has 16 heavy (non-hydrogen) atoms. The van der Waals surface area contributed by atoms with E-state index in [1.165, 1.54) is 24.4 Å². The zero-order valence-corrected chi connectivity index (χ0v) is 10.3. The minimum absolute atomic E-state index is 0.566. The maximum Gasteiger partial charge on any atom is 0.205 e. The van der Waals surface area contributed by atoms with Gasteiger partial charge in [0, 0.05) is 30.5 Å². The van der Waals surface area contributed by atoms with Gasteiger partial charge >= 0.3 is 0 Å². The Balaban J connectivity index is 1.75. The molecule has 0 radical (unpaired) electrons. The molecule has 5 heteroatoms. The summed E-state index contributed by atoms with van der Waals surface area (Å²) in [6.45, 7) is 3.59. The normalized spacial score (nSPS) is 30.8. The Morgan fingerprint density at radius 3 is 3.00 bits per heavy atom. The van der Waals surface area contributed by atoms with Crippen molar-refractivity contribution < 1.29 is 5.11 Å². The van der Waals surface area contributed by atoms with E-state index >= 15 is 0 Å². The molecule has 1 aliphatic heterocycles. The molecule has 1 saturated heterocycles. The van der Waals surface area contributed by atoms with Crippen LogP contribution < -0.4 is 4.90 Å². The van der Waals surface area contributed by atoms with Gasteiger partial charge in [0.05, 0.1) is 5.60 Å². The zero-order chi connectivity index (χ0) is 11.2. The highest BCUT2D eigenvalue weighted by atomic mass is 32.1. The minimum Gasteiger partial charge on any atom is -0.388 e. The lowest BCUT2D eigenvalue weighted by atomic mass is 9.96. The van der Waals surface area contributed by atoms with E-state index in [1.807, 2.05) is 6.92 Å². The van der Waals surface area contributed by atoms with E-state index in [0.717, 1.165) is 30.3 Å². The predicted molar refractivity (Wildman–Crippen MR) is 64.0 cm³/mol. The van der Waals surface area contributed by atoms with Crippen LogP contribution in [0.3, 0.4) is 0 Å². The van der Waals surface area contributed by atoms with E-state index in [-0.39, 0.29) is 0 Å². The number of piperidine rings is 1. The molecular weight excluding hydrogens is 222 g/mol. The number of anilines is 1. The van der Waals surface area contributed by atoms with Crippen LogP contribution in [0.15, 0.2) is 0 Å². The number of rotatable bonds is 2. The summed E-state index contributed by atoms with van der Waals surface area (Å²) in [6, 6.07) is 0. The van der Waals surface area contributed by atoms with Gasteiger partial charge in [-0.3, -0.25) is 0 Å². The fourth-order valence-electron chi connectivity index (χ4n) is 2.25. The van der Waals surface area contributed by atoms with Gasteiger partial charge in [-0.2, -0.15) is 4.37 Å². The van der Waals surface area contributed by atoms with Gasteiger partial charge in [0.1, 0.15) is 5.82 Å². The van der Waals surface area contributed by atoms with Gasteiger partial charge in [-0.05, 0) is 32.6 Å². The molecule has 1 atom stereocenters. The SMILES string of the molecule is CC1(O)CCCN(c2nc(C3CC3)ns2)C1. The molecule has 0 amide bonds. The first kappa shape index (κ1) is 10.5. The molecule has 2 heterocycles. The third-order valence-corrected chi connectivity index (χ3v) is 4.11. The molecule has 2 aliphatic rings. The fraction of sp³-hybridized carbons (Fsp3) is 0.818. The van der Waals surface area contributed by atoms with Crippen molar-refractivity contribution in [2.75, 3.05) is 18.0 Å². The fourth-order valence-corrected chi connectivity index (χ4v) is 3.02. The lowest BCUT2D eigenvalue weighted by Gasteiger charge is -2.36. The molecule has 0 bridgehead atoms. The van der Waals surface area contributed by atoms with Crippen molar-refractivity contribution in [3.8, 4) is 0 Å². The summed E-state index contributed by atoms with van der Waals surface area (Å²) < 4.78 is 4.41. The summed E-state index contributed by atoms with van der Waals surface area (Å²) in [6.07, 6.45) is 4.41. The second-order valence-electron chi connectivity index (χ2n) is 5.23. The summed E-state index contributed by atoms with van der Waals surface area (Å²) >= 11 is 1.48. The first-order valence-electron chi connectivity index (χ1n) is 5.95. The van der Waals surface area contributed by atoms with Crippen molar-refractivity contribution in [3.63, 3.8) is 0 Å². The van der Waals surface area contributed by atoms with Gasteiger partial charge in [0.15, 0.2) is 0 Å². The van der Waals surface area contributed by atoms with Crippen LogP contribution >= 0.6 is 11.5 Å². The molecule has 1 N–H and O–H groups in total. The summed E-state index contributed by atoms with van der Waals surface area (Å²) in [7, 11) is 0. The maximum absolute atomic E-state index is 10.0. The van der Waals surface area contributed by atoms with Crippen LogP contribution in [0.25, 0.3) is 0 Å². The number of aliphatic hydroxyl groups is 1. The van der Waals surface area contributed by atoms with E-state index in [9.17, 15) is 5.11 Å². The van der Waals surface area contributed by atoms with Gasteiger partial charge in [0.2, 0.25) is 5.13 Å². The molecule has 1 aliphatic carbocycles. The minimum atomic E-state index is -0.566. The van der Waals surface area contributed by atoms with Crippen molar-refractivity contribution in [1.29, 1.82) is 0 Å². The Bertz CT molecular complexity index is 386. The molecule has 4 nitrogen and oxygen atoms in total. The Hall–Kier alpha value is -0.680. The average Bonchev–Trinajstić information content (AvgIpc) is 2.95. The molecule has 3 rings (SSSR count). The Morgan fingerprint density at radius 1 is 1.50 bits per heavy atom. The first-order chi connectivity index (χ1) is 7.64. The summed E-state index contributed by atoms with van der Waals surface area (Å²) in [5.74, 6) is 1.64. The monoisotopic (exact) mass is 239 g/mol. The van der Waals surface area contributed by atoms with E-state index in [4.69, 9.17) is 0 Å². The lowest BCUT2D eigenvalue weighted by molar-refractivity contribution is 0.0449. The number of aromatic nitrogens is 2. The summed E-state index contributed by atoms with van der Waals surface area (Å²) in [5, 5.41) is 11.0. The predicted octanol–water partition coefficient (Wildman–Crippen LogP) is 1.77. The largest absolute Gasteiger partial charge is 0.388 e. The Morgan fingerprint density at radius 2 is 2.31 bits per heavy atom. The van der Waals surface area contributed by atoms with Crippen LogP contribution in [0.1, 0.15) is 44.3 Å². The Kier molecular flexibility index (Phi) is 2.40. The molecule has 1 aromatic rings. The van der Waals surface area contributed by atoms with Crippen molar-refractivity contribution >= 4 is 16.7 Å². The van der Waals surface area contributed by atoms with Crippen LogP contribution in [-0.2, 0) is 0 Å². The molecule has 88 valence electrons. The first-order valence-corrected chi connectivity index (χ1v) is 6.72. The highest BCUT2D eigenvalue weighted by molar-refractivity contribution is 7.09. The van der Waals surface area contributed by atoms with Crippen molar-refractivity contribution in [1.82, 2.24) is 9.36 Å². The topological polar surface area (TPSA) is 49.2 Å². The van der Waals surface area contributed by atoms with Crippen molar-refractivity contribution in [2.24, 2.45) is 0 Å². The zero-order valence-electron chi connectivity index (χ0n) is 9.52. The van der Waals surface area contributed by atoms with Crippen molar-refractivity contribution in [2.45, 2.75) is 44.1 Å². The van der Waals surface area contributed by atoms with Crippen LogP contribution in [-0.4, -0.2) is 33.2 Å². The second-order valence-corrected chi connectivity index (χ2v) is 5.96. The van der Waals surface area contributed by atoms with Gasteiger partial charge in [-0.1, -0.05) is 0 Å². The quantitative estimate of drug-likeness (QED) is 0.854. The number of hydrogen-bond acceptors (Lipinski definition) is 5. The number of β-amino-alcohol motifs (C(OH)–C–C–N with tert-alkyl or cyclic N) is 1. The highest BCUT2D eigenvalue weighted by Gasteiger charge is 2.32. The smallest absolute Gasteiger partial charge is 0.205 e. The van der Waals surface area contributed by atoms with E-state index in [1.54, 1.807) is 0 Å². The van der Waals surface area contributed by atoms with Crippen LogP contribution in [0.5, 0.6) is 0 Å². The standard InChI is InChI=1S/C11H17N3OS/c1-11(15)5-2-6-14(7-11)10-12-9(13-16-10)8-3-4-8/h8,15H,2-7H2,1H3. The van der Waals surface area contributed by atoms with Gasteiger partial charge in [-0.15, -0.1) is 0 Å². The molecule has 2 fully saturated rings. The highest BCUT2D eigenvalue weighted by Crippen LogP contribution is 2.40. The van der Waals surface area contributed by atoms with Gasteiger partial charge in [-0.25, -0.2) is 4.98 Å². The molecular formula is C11H17N3OS. The third kappa shape index (κ3) is 2.06. The molecule has 1 saturated carbocycles. The summed E-state index contributed by atoms with van der Waals surface area (Å²) in [4.78, 5) is 6.76. The summed E-state index contributed by atoms with van der Waals surface area (Å²) in [5.41, 5.74) is -0.566. The van der Waals surface area contributed by atoms with E-state index < -0.39 is 5.60 Å². The van der Waals surface area contributed by atoms with Crippen LogP contribution in [0.4, 0.5) is 5.13 Å². The molecule has 0 spiro atoms. The maximum atomic E-state index is 10.0. The molecule has 1 unspecified atom stereocenters. The molecule has 0 aromatic carbocycles. The average molecular weight is 239 g/mol. The van der Waals surface area contributed by atoms with Crippen LogP contribution in [0.2, 0.25) is 0 Å². The van der Waals surface area contributed by atoms with Crippen LogP contribution in [0, 0.1) is 0 Å². The van der Waals surface area contributed by atoms with Gasteiger partial charge < -0.3 is 10.0 Å².